The predicted molar refractivity (Wildman–Crippen MR) is 303 cm³/mol. The van der Waals surface area contributed by atoms with E-state index < -0.39 is 176 Å². The number of H-pyrrole nitrogens is 1. The van der Waals surface area contributed by atoms with E-state index in [0.29, 0.717) is 74.7 Å². The first-order valence-corrected chi connectivity index (χ1v) is 30.0. The van der Waals surface area contributed by atoms with Gasteiger partial charge in [-0.25, -0.2) is 0 Å². The van der Waals surface area contributed by atoms with Gasteiger partial charge in [-0.1, -0.05) is 46.5 Å². The first-order chi connectivity index (χ1) is 40.5. The molecule has 12 atom stereocenters. The number of hydrogen-bond donors (Lipinski definition) is 14. The second-order valence-corrected chi connectivity index (χ2v) is 23.3. The Morgan fingerprint density at radius 2 is 1.56 bits per heavy atom. The average molecular weight is 1210 g/mol. The van der Waals surface area contributed by atoms with E-state index in [-0.39, 0.29) is 34.9 Å². The second kappa shape index (κ2) is 31.8. The molecule has 29 nitrogen and oxygen atoms in total. The number of nitrogens with two attached hydrogens (primary N) is 1. The van der Waals surface area contributed by atoms with Gasteiger partial charge in [0.25, 0.3) is 11.8 Å². The van der Waals surface area contributed by atoms with Gasteiger partial charge in [-0.3, -0.25) is 63.0 Å². The van der Waals surface area contributed by atoms with Gasteiger partial charge in [-0.15, -0.1) is 0 Å². The monoisotopic (exact) mass is 1210 g/mol. The van der Waals surface area contributed by atoms with Crippen molar-refractivity contribution in [3.05, 3.63) is 35.9 Å². The molecule has 5 heterocycles. The fourth-order valence-electron chi connectivity index (χ4n) is 10.3. The lowest BCUT2D eigenvalue weighted by Crippen LogP contribution is -2.62. The molecule has 11 amide bonds. The third kappa shape index (κ3) is 18.6. The fourth-order valence-corrected chi connectivity index (χ4v) is 11.8. The maximum Gasteiger partial charge on any atom is 0.253 e. The molecule has 1 fully saturated rings. The Labute approximate surface area is 493 Å². The van der Waals surface area contributed by atoms with E-state index in [4.69, 9.17) is 10.5 Å². The van der Waals surface area contributed by atoms with Gasteiger partial charge in [0, 0.05) is 85.2 Å². The molecule has 4 aliphatic rings. The Morgan fingerprint density at radius 1 is 0.847 bits per heavy atom. The van der Waals surface area contributed by atoms with Crippen molar-refractivity contribution in [2.45, 2.75) is 158 Å². The number of unbranched alkanes of at least 4 members (excludes halogenated alkanes) is 5. The van der Waals surface area contributed by atoms with Gasteiger partial charge >= 0.3 is 0 Å². The van der Waals surface area contributed by atoms with Gasteiger partial charge in [-0.05, 0) is 43.7 Å². The summed E-state index contributed by atoms with van der Waals surface area (Å²) in [7, 11) is 0. The third-order valence-corrected chi connectivity index (χ3v) is 16.9. The van der Waals surface area contributed by atoms with E-state index in [1.165, 1.54) is 24.0 Å². The van der Waals surface area contributed by atoms with Crippen LogP contribution in [0, 0.1) is 11.8 Å². The molecule has 2 unspecified atom stereocenters. The quantitative estimate of drug-likeness (QED) is 0.0319. The number of fused-ring (bicyclic) bond motifs is 5. The Balaban J connectivity index is 1.30. The highest BCUT2D eigenvalue weighted by Gasteiger charge is 2.45. The molecule has 4 aliphatic heterocycles. The van der Waals surface area contributed by atoms with Crippen LogP contribution in [0.2, 0.25) is 0 Å². The normalized spacial score (nSPS) is 26.1. The molecular formula is C55H80N12O17S. The molecule has 1 aromatic heterocycles. The summed E-state index contributed by atoms with van der Waals surface area (Å²) in [5.74, 6) is -11.0. The summed E-state index contributed by atoms with van der Waals surface area (Å²) < 4.78 is 21.2. The van der Waals surface area contributed by atoms with Crippen LogP contribution in [0.1, 0.15) is 97.0 Å². The number of hydrogen-bond acceptors (Lipinski definition) is 18. The number of nitrogens with one attached hydrogen (secondary N) is 9. The van der Waals surface area contributed by atoms with Crippen molar-refractivity contribution in [1.29, 1.82) is 0 Å². The van der Waals surface area contributed by atoms with Crippen molar-refractivity contribution in [3.63, 3.8) is 0 Å². The standard InChI is InChI=1S/C55H80N12O17S/c1-4-29(2)47-52(80)59-24-43(73)60-38-28-85(83)54-34(33-14-13-32(21-35(33)63-54)84-19-11-6-5-9-17-57-42(72)12-8-7-10-18-66-45(75)15-16-46(66)76)22-36(49(77)58-25-44(74)64-47)61-53(81)48(30(3)40(70)27-68)65-51(79)39-20-31(69)26-67(39)55(82)37(23-41(56)71)62-50(38)78/h13-16,21,29-31,36-40,43,47-48,60,63,68-70,73H,4-12,17-20,22-28H2,1-3H3,(H2,56,71)(H,57,72)(H,58,77)(H,59,80)(H,61,81)(H,62,78)(H,64,74)(H,65,79)/t29-,30-,31+,36+,37-,38-,39-,40-,43?,47-,48-,85?/m0/s1. The summed E-state index contributed by atoms with van der Waals surface area (Å²) in [4.78, 5) is 153. The number of aliphatic hydroxyl groups excluding tert-OH is 4. The molecule has 1 saturated heterocycles. The number of aromatic nitrogens is 1. The summed E-state index contributed by atoms with van der Waals surface area (Å²) in [5, 5.41) is 64.1. The zero-order valence-electron chi connectivity index (χ0n) is 47.9. The van der Waals surface area contributed by atoms with Crippen LogP contribution in [0.3, 0.4) is 0 Å². The Morgan fingerprint density at radius 3 is 2.27 bits per heavy atom. The molecule has 0 aliphatic carbocycles. The van der Waals surface area contributed by atoms with Gasteiger partial charge in [0.1, 0.15) is 54.0 Å². The van der Waals surface area contributed by atoms with E-state index in [1.54, 1.807) is 32.0 Å². The van der Waals surface area contributed by atoms with Crippen LogP contribution >= 0.6 is 0 Å². The third-order valence-electron chi connectivity index (χ3n) is 15.5. The molecule has 1 aromatic carbocycles. The van der Waals surface area contributed by atoms with Crippen molar-refractivity contribution in [2.75, 3.05) is 51.7 Å². The van der Waals surface area contributed by atoms with Crippen LogP contribution in [0.5, 0.6) is 5.75 Å². The SMILES string of the molecule is CC[C@H](C)[C@@H]1NC(=O)CNC(=O)[C@H]2Cc3c([nH]c4cc(OCCCCCCNC(=O)CCCCCN5C(=O)C=CC5=O)ccc34)[S+]([O-])C[C@H](NC(O)CNC1=O)C(=O)N[C@@H](CC(N)=O)C(=O)N1C[C@H](O)C[C@H]1C(=O)N[C@@H]([C@@H](C)[C@@H](O)CO)C(=O)N2. The number of amides is 11. The lowest BCUT2D eigenvalue weighted by molar-refractivity contribution is -0.144. The molecule has 85 heavy (non-hydrogen) atoms. The van der Waals surface area contributed by atoms with Gasteiger partial charge in [0.05, 0.1) is 50.4 Å². The minimum absolute atomic E-state index is 0.0930. The number of ether oxygens (including phenoxy) is 1. The highest BCUT2D eigenvalue weighted by atomic mass is 32.2. The molecule has 6 rings (SSSR count). The van der Waals surface area contributed by atoms with E-state index in [2.05, 4.69) is 47.5 Å². The van der Waals surface area contributed by atoms with E-state index in [1.807, 2.05) is 0 Å². The molecular weight excluding hydrogens is 1130 g/mol. The number of carbonyl (C=O) groups is 11. The van der Waals surface area contributed by atoms with Crippen LogP contribution in [-0.4, -0.2) is 211 Å². The molecule has 0 spiro atoms. The number of rotatable bonds is 21. The van der Waals surface area contributed by atoms with Gasteiger partial charge < -0.3 is 82.6 Å². The minimum atomic E-state index is -2.37. The molecule has 0 saturated carbocycles. The first kappa shape index (κ1) is 66.9. The Hall–Kier alpha value is -7.22. The number of aromatic amines is 1. The number of β-amino-alcohol motifs (C(OH)–C–C–N with tert-alkyl or cyclic N) is 1. The van der Waals surface area contributed by atoms with Crippen molar-refractivity contribution in [1.82, 2.24) is 57.3 Å². The topological polar surface area (TPSA) is 446 Å². The molecule has 2 aromatic rings. The molecule has 15 N–H and O–H groups in total. The minimum Gasteiger partial charge on any atom is -0.610 e. The molecule has 468 valence electrons. The fraction of sp³-hybridized carbons (Fsp3) is 0.618. The smallest absolute Gasteiger partial charge is 0.253 e. The number of aliphatic hydroxyl groups is 4. The van der Waals surface area contributed by atoms with Crippen LogP contribution in [0.4, 0.5) is 0 Å². The number of primary amides is 1. The molecule has 0 radical (unpaired) electrons. The van der Waals surface area contributed by atoms with Gasteiger partial charge in [0.2, 0.25) is 58.2 Å². The molecule has 2 bridgehead atoms. The number of carbonyl (C=O) groups excluding carboxylic acids is 11. The summed E-state index contributed by atoms with van der Waals surface area (Å²) >= 11 is -2.37. The Kier molecular flexibility index (Phi) is 25.0. The van der Waals surface area contributed by atoms with Crippen LogP contribution in [0.15, 0.2) is 35.4 Å². The number of nitrogens with zero attached hydrogens (tertiary/aromatic N) is 2. The zero-order valence-corrected chi connectivity index (χ0v) is 48.7. The van der Waals surface area contributed by atoms with Crippen molar-refractivity contribution >= 4 is 87.1 Å². The maximum atomic E-state index is 15.1. The lowest BCUT2D eigenvalue weighted by Gasteiger charge is -2.33. The van der Waals surface area contributed by atoms with E-state index in [9.17, 15) is 73.2 Å². The summed E-state index contributed by atoms with van der Waals surface area (Å²) in [6.07, 6.45) is 1.35. The van der Waals surface area contributed by atoms with E-state index in [0.717, 1.165) is 17.7 Å². The highest BCUT2D eigenvalue weighted by molar-refractivity contribution is 7.91. The average Bonchev–Trinajstić information content (AvgIpc) is 3.54. The number of benzene rings is 1. The number of imide groups is 1. The predicted octanol–water partition coefficient (Wildman–Crippen LogP) is -4.29. The van der Waals surface area contributed by atoms with Crippen LogP contribution in [0.25, 0.3) is 10.9 Å². The summed E-state index contributed by atoms with van der Waals surface area (Å²) in [5.41, 5.74) is 6.01. The van der Waals surface area contributed by atoms with Gasteiger partial charge in [0.15, 0.2) is 0 Å². The maximum absolute atomic E-state index is 15.1. The van der Waals surface area contributed by atoms with Gasteiger partial charge in [-0.2, -0.15) is 0 Å². The highest BCUT2D eigenvalue weighted by Crippen LogP contribution is 2.32. The van der Waals surface area contributed by atoms with Crippen molar-refractivity contribution in [3.8, 4) is 5.75 Å². The molecule has 30 heteroatoms. The van der Waals surface area contributed by atoms with Crippen LogP contribution < -0.4 is 53.0 Å². The lowest BCUT2D eigenvalue weighted by atomic mass is 9.93. The van der Waals surface area contributed by atoms with Crippen molar-refractivity contribution in [2.24, 2.45) is 17.6 Å². The largest absolute Gasteiger partial charge is 0.610 e. The first-order valence-electron chi connectivity index (χ1n) is 28.7. The van der Waals surface area contributed by atoms with Crippen molar-refractivity contribution < 1.29 is 82.5 Å². The van der Waals surface area contributed by atoms with E-state index >= 15 is 4.55 Å². The Bertz CT molecular complexity index is 2780. The van der Waals surface area contributed by atoms with Crippen LogP contribution in [-0.2, 0) is 70.3 Å². The summed E-state index contributed by atoms with van der Waals surface area (Å²) in [6.45, 7) is 3.04. The zero-order chi connectivity index (χ0) is 62.1. The summed E-state index contributed by atoms with van der Waals surface area (Å²) in [6, 6.07) is -5.07. The second-order valence-electron chi connectivity index (χ2n) is 21.9.